The molecule has 0 unspecified atom stereocenters. The van der Waals surface area contributed by atoms with Gasteiger partial charge < -0.3 is 5.32 Å². The number of benzene rings is 3. The summed E-state index contributed by atoms with van der Waals surface area (Å²) >= 11 is 5.78. The number of rotatable bonds is 5. The predicted molar refractivity (Wildman–Crippen MR) is 108 cm³/mol. The molecule has 3 rings (SSSR count). The maximum Gasteiger partial charge on any atom is 0.261 e. The number of nitrogens with one attached hydrogen (secondary N) is 2. The number of amides is 1. The highest BCUT2D eigenvalue weighted by Crippen LogP contribution is 2.20. The topological polar surface area (TPSA) is 75.3 Å². The molecular formula is C20H16ClFN2O3S. The first-order valence-electron chi connectivity index (χ1n) is 8.20. The van der Waals surface area contributed by atoms with Gasteiger partial charge in [0.15, 0.2) is 0 Å². The molecule has 0 saturated carbocycles. The van der Waals surface area contributed by atoms with Crippen LogP contribution in [0.1, 0.15) is 15.9 Å². The average Bonchev–Trinajstić information content (AvgIpc) is 2.66. The van der Waals surface area contributed by atoms with Gasteiger partial charge in [0.05, 0.1) is 10.6 Å². The zero-order valence-electron chi connectivity index (χ0n) is 14.7. The Balaban J connectivity index is 1.74. The van der Waals surface area contributed by atoms with E-state index in [2.05, 4.69) is 10.0 Å². The number of hydrogen-bond donors (Lipinski definition) is 2. The molecule has 144 valence electrons. The molecule has 0 aromatic heterocycles. The van der Waals surface area contributed by atoms with Crippen molar-refractivity contribution >= 4 is 38.9 Å². The SMILES string of the molecule is Cc1ccc(NC(=O)c2ccc(S(=O)(=O)Nc3ccc(Cl)cc3)cc2)c(F)c1. The first kappa shape index (κ1) is 19.9. The largest absolute Gasteiger partial charge is 0.319 e. The van der Waals surface area contributed by atoms with E-state index in [-0.39, 0.29) is 16.1 Å². The van der Waals surface area contributed by atoms with Crippen LogP contribution in [0.25, 0.3) is 0 Å². The molecule has 1 amide bonds. The van der Waals surface area contributed by atoms with Crippen LogP contribution in [0.3, 0.4) is 0 Å². The van der Waals surface area contributed by atoms with Crippen LogP contribution in [-0.4, -0.2) is 14.3 Å². The van der Waals surface area contributed by atoms with Crippen molar-refractivity contribution in [3.63, 3.8) is 0 Å². The van der Waals surface area contributed by atoms with Crippen LogP contribution in [0.4, 0.5) is 15.8 Å². The van der Waals surface area contributed by atoms with Gasteiger partial charge in [-0.25, -0.2) is 12.8 Å². The molecule has 0 fully saturated rings. The molecule has 0 saturated heterocycles. The van der Waals surface area contributed by atoms with Crippen molar-refractivity contribution in [1.29, 1.82) is 0 Å². The van der Waals surface area contributed by atoms with E-state index < -0.39 is 21.7 Å². The number of aryl methyl sites for hydroxylation is 1. The molecular weight excluding hydrogens is 403 g/mol. The highest BCUT2D eigenvalue weighted by Gasteiger charge is 2.16. The second kappa shape index (κ2) is 8.00. The molecule has 0 aliphatic heterocycles. The van der Waals surface area contributed by atoms with Gasteiger partial charge in [-0.05, 0) is 73.2 Å². The smallest absolute Gasteiger partial charge is 0.261 e. The Hall–Kier alpha value is -2.90. The third-order valence-electron chi connectivity index (χ3n) is 3.90. The van der Waals surface area contributed by atoms with Gasteiger partial charge in [-0.1, -0.05) is 17.7 Å². The Morgan fingerprint density at radius 2 is 1.61 bits per heavy atom. The van der Waals surface area contributed by atoms with E-state index in [1.165, 1.54) is 48.5 Å². The fraction of sp³-hybridized carbons (Fsp3) is 0.0500. The van der Waals surface area contributed by atoms with E-state index in [1.807, 2.05) is 0 Å². The second-order valence-electron chi connectivity index (χ2n) is 6.07. The fourth-order valence-corrected chi connectivity index (χ4v) is 3.62. The summed E-state index contributed by atoms with van der Waals surface area (Å²) in [6, 6.07) is 16.0. The highest BCUT2D eigenvalue weighted by molar-refractivity contribution is 7.92. The molecule has 0 aliphatic carbocycles. The lowest BCUT2D eigenvalue weighted by molar-refractivity contribution is 0.102. The number of halogens is 2. The van der Waals surface area contributed by atoms with Crippen LogP contribution in [0, 0.1) is 12.7 Å². The summed E-state index contributed by atoms with van der Waals surface area (Å²) in [6.07, 6.45) is 0. The van der Waals surface area contributed by atoms with Crippen molar-refractivity contribution in [3.05, 3.63) is 88.7 Å². The second-order valence-corrected chi connectivity index (χ2v) is 8.19. The lowest BCUT2D eigenvalue weighted by Crippen LogP contribution is -2.15. The molecule has 8 heteroatoms. The zero-order chi connectivity index (χ0) is 20.3. The van der Waals surface area contributed by atoms with Crippen LogP contribution in [0.2, 0.25) is 5.02 Å². The minimum absolute atomic E-state index is 0.0134. The summed E-state index contributed by atoms with van der Waals surface area (Å²) in [7, 11) is -3.82. The maximum atomic E-state index is 13.9. The number of sulfonamides is 1. The standard InChI is InChI=1S/C20H16ClFN2O3S/c1-13-2-11-19(18(22)12-13)23-20(25)14-3-9-17(10-4-14)28(26,27)24-16-7-5-15(21)6-8-16/h2-12,24H,1H3,(H,23,25). The number of hydrogen-bond acceptors (Lipinski definition) is 3. The van der Waals surface area contributed by atoms with Gasteiger partial charge in [0.25, 0.3) is 15.9 Å². The van der Waals surface area contributed by atoms with Gasteiger partial charge in [-0.15, -0.1) is 0 Å². The summed E-state index contributed by atoms with van der Waals surface area (Å²) in [5, 5.41) is 2.95. The highest BCUT2D eigenvalue weighted by atomic mass is 35.5. The lowest BCUT2D eigenvalue weighted by atomic mass is 10.2. The van der Waals surface area contributed by atoms with E-state index in [1.54, 1.807) is 25.1 Å². The summed E-state index contributed by atoms with van der Waals surface area (Å²) in [5.41, 5.74) is 1.35. The third-order valence-corrected chi connectivity index (χ3v) is 5.55. The van der Waals surface area contributed by atoms with Crippen molar-refractivity contribution in [2.75, 3.05) is 10.0 Å². The van der Waals surface area contributed by atoms with Crippen molar-refractivity contribution in [3.8, 4) is 0 Å². The normalized spacial score (nSPS) is 11.1. The monoisotopic (exact) mass is 418 g/mol. The Labute approximate surface area is 167 Å². The van der Waals surface area contributed by atoms with Crippen molar-refractivity contribution in [1.82, 2.24) is 0 Å². The molecule has 2 N–H and O–H groups in total. The van der Waals surface area contributed by atoms with E-state index >= 15 is 0 Å². The zero-order valence-corrected chi connectivity index (χ0v) is 16.3. The summed E-state index contributed by atoms with van der Waals surface area (Å²) in [6.45, 7) is 1.74. The fourth-order valence-electron chi connectivity index (χ4n) is 2.43. The first-order chi connectivity index (χ1) is 13.2. The summed E-state index contributed by atoms with van der Waals surface area (Å²) < 4.78 is 41.2. The first-order valence-corrected chi connectivity index (χ1v) is 10.1. The van der Waals surface area contributed by atoms with Crippen molar-refractivity contribution in [2.24, 2.45) is 0 Å². The molecule has 0 heterocycles. The number of carbonyl (C=O) groups is 1. The summed E-state index contributed by atoms with van der Waals surface area (Å²) in [4.78, 5) is 12.3. The number of anilines is 2. The molecule has 0 radical (unpaired) electrons. The molecule has 3 aromatic carbocycles. The quantitative estimate of drug-likeness (QED) is 0.622. The van der Waals surface area contributed by atoms with E-state index in [9.17, 15) is 17.6 Å². The Bertz CT molecular complexity index is 1120. The van der Waals surface area contributed by atoms with Gasteiger partial charge in [0, 0.05) is 16.3 Å². The lowest BCUT2D eigenvalue weighted by Gasteiger charge is -2.10. The van der Waals surface area contributed by atoms with Crippen LogP contribution in [0.15, 0.2) is 71.6 Å². The van der Waals surface area contributed by atoms with Gasteiger partial charge in [0.2, 0.25) is 0 Å². The van der Waals surface area contributed by atoms with Crippen molar-refractivity contribution < 1.29 is 17.6 Å². The number of carbonyl (C=O) groups excluding carboxylic acids is 1. The molecule has 5 nitrogen and oxygen atoms in total. The van der Waals surface area contributed by atoms with Gasteiger partial charge in [-0.3, -0.25) is 9.52 Å². The van der Waals surface area contributed by atoms with E-state index in [0.717, 1.165) is 5.56 Å². The van der Waals surface area contributed by atoms with Gasteiger partial charge in [-0.2, -0.15) is 0 Å². The molecule has 28 heavy (non-hydrogen) atoms. The van der Waals surface area contributed by atoms with E-state index in [4.69, 9.17) is 11.6 Å². The van der Waals surface area contributed by atoms with E-state index in [0.29, 0.717) is 10.7 Å². The molecule has 3 aromatic rings. The Kier molecular flexibility index (Phi) is 5.67. The van der Waals surface area contributed by atoms with Crippen LogP contribution < -0.4 is 10.0 Å². The van der Waals surface area contributed by atoms with Crippen LogP contribution in [-0.2, 0) is 10.0 Å². The van der Waals surface area contributed by atoms with Crippen molar-refractivity contribution in [2.45, 2.75) is 11.8 Å². The Morgan fingerprint density at radius 1 is 0.964 bits per heavy atom. The molecule has 0 atom stereocenters. The molecule has 0 bridgehead atoms. The van der Waals surface area contributed by atoms with Gasteiger partial charge >= 0.3 is 0 Å². The minimum atomic E-state index is -3.82. The predicted octanol–water partition coefficient (Wildman–Crippen LogP) is 4.84. The van der Waals surface area contributed by atoms with Crippen LogP contribution >= 0.6 is 11.6 Å². The van der Waals surface area contributed by atoms with Crippen LogP contribution in [0.5, 0.6) is 0 Å². The van der Waals surface area contributed by atoms with Gasteiger partial charge in [0.1, 0.15) is 5.82 Å². The Morgan fingerprint density at radius 3 is 2.21 bits per heavy atom. The third kappa shape index (κ3) is 4.68. The molecule has 0 aliphatic rings. The molecule has 0 spiro atoms. The summed E-state index contributed by atoms with van der Waals surface area (Å²) in [5.74, 6) is -1.09. The average molecular weight is 419 g/mol. The maximum absolute atomic E-state index is 13.9. The minimum Gasteiger partial charge on any atom is -0.319 e.